The number of halogens is 1. The van der Waals surface area contributed by atoms with E-state index in [4.69, 9.17) is 14.7 Å². The molecule has 0 aliphatic carbocycles. The lowest BCUT2D eigenvalue weighted by Gasteiger charge is -2.28. The molecule has 0 fully saturated rings. The van der Waals surface area contributed by atoms with Gasteiger partial charge in [-0.2, -0.15) is 5.26 Å². The highest BCUT2D eigenvalue weighted by Crippen LogP contribution is 2.27. The highest BCUT2D eigenvalue weighted by Gasteiger charge is 2.31. The monoisotopic (exact) mass is 396 g/mol. The molecule has 1 aromatic heterocycles. The number of rotatable bonds is 4. The molecular formula is C21H21FN4O3. The number of ether oxygens (including phenoxy) is 2. The van der Waals surface area contributed by atoms with Gasteiger partial charge in [-0.1, -0.05) is 12.2 Å². The van der Waals surface area contributed by atoms with Gasteiger partial charge in [-0.15, -0.1) is 0 Å². The topological polar surface area (TPSA) is 88.3 Å². The maximum absolute atomic E-state index is 14.0. The Hall–Kier alpha value is -3.47. The third kappa shape index (κ3) is 5.08. The number of nitriles is 1. The normalized spacial score (nSPS) is 15.8. The molecule has 2 aromatic rings. The second-order valence-corrected chi connectivity index (χ2v) is 7.45. The lowest BCUT2D eigenvalue weighted by Crippen LogP contribution is -2.37. The number of hydrogen-bond donors (Lipinski definition) is 0. The molecule has 3 rings (SSSR count). The van der Waals surface area contributed by atoms with Gasteiger partial charge < -0.3 is 9.47 Å². The first-order valence-electron chi connectivity index (χ1n) is 9.07. The molecule has 1 aliphatic rings. The van der Waals surface area contributed by atoms with Gasteiger partial charge in [0.2, 0.25) is 0 Å². The molecule has 1 amide bonds. The van der Waals surface area contributed by atoms with Crippen LogP contribution in [-0.4, -0.2) is 33.1 Å². The Balaban J connectivity index is 1.71. The van der Waals surface area contributed by atoms with E-state index in [2.05, 4.69) is 9.97 Å². The Bertz CT molecular complexity index is 979. The van der Waals surface area contributed by atoms with Crippen LogP contribution in [0.25, 0.3) is 0 Å². The van der Waals surface area contributed by atoms with Crippen LogP contribution < -0.4 is 4.74 Å². The zero-order valence-electron chi connectivity index (χ0n) is 16.4. The molecule has 0 saturated carbocycles. The summed E-state index contributed by atoms with van der Waals surface area (Å²) in [5.74, 6) is -0.278. The zero-order valence-corrected chi connectivity index (χ0v) is 16.4. The Kier molecular flexibility index (Phi) is 5.78. The molecule has 8 heteroatoms. The van der Waals surface area contributed by atoms with E-state index in [9.17, 15) is 9.18 Å². The highest BCUT2D eigenvalue weighted by molar-refractivity contribution is 5.70. The van der Waals surface area contributed by atoms with Gasteiger partial charge in [-0.25, -0.2) is 19.2 Å². The Morgan fingerprint density at radius 2 is 2.17 bits per heavy atom. The summed E-state index contributed by atoms with van der Waals surface area (Å²) < 4.78 is 24.9. The first-order valence-corrected chi connectivity index (χ1v) is 9.07. The Morgan fingerprint density at radius 1 is 1.38 bits per heavy atom. The van der Waals surface area contributed by atoms with Gasteiger partial charge in [-0.3, -0.25) is 4.90 Å². The quantitative estimate of drug-likeness (QED) is 0.728. The molecule has 1 unspecified atom stereocenters. The van der Waals surface area contributed by atoms with Crippen molar-refractivity contribution in [3.8, 4) is 11.8 Å². The summed E-state index contributed by atoms with van der Waals surface area (Å²) >= 11 is 0. The summed E-state index contributed by atoms with van der Waals surface area (Å²) in [6.07, 6.45) is 4.88. The van der Waals surface area contributed by atoms with Crippen molar-refractivity contribution < 1.29 is 18.7 Å². The number of hydrogen-bond acceptors (Lipinski definition) is 6. The fraction of sp³-hybridized carbons (Fsp3) is 0.333. The maximum atomic E-state index is 14.0. The van der Waals surface area contributed by atoms with Crippen LogP contribution in [0.1, 0.15) is 43.9 Å². The molecule has 0 bridgehead atoms. The number of aromatic nitrogens is 2. The average molecular weight is 396 g/mol. The highest BCUT2D eigenvalue weighted by atomic mass is 19.1. The van der Waals surface area contributed by atoms with Crippen LogP contribution in [0, 0.1) is 17.1 Å². The maximum Gasteiger partial charge on any atom is 0.411 e. The van der Waals surface area contributed by atoms with Gasteiger partial charge in [0.1, 0.15) is 12.2 Å². The van der Waals surface area contributed by atoms with Crippen molar-refractivity contribution in [2.75, 3.05) is 6.54 Å². The van der Waals surface area contributed by atoms with Crippen LogP contribution >= 0.6 is 0 Å². The fourth-order valence-electron chi connectivity index (χ4n) is 2.77. The molecule has 0 spiro atoms. The molecule has 1 atom stereocenters. The van der Waals surface area contributed by atoms with Crippen molar-refractivity contribution >= 4 is 6.09 Å². The van der Waals surface area contributed by atoms with E-state index < -0.39 is 17.5 Å². The molecular weight excluding hydrogens is 375 g/mol. The largest absolute Gasteiger partial charge is 0.483 e. The van der Waals surface area contributed by atoms with E-state index in [-0.39, 0.29) is 24.0 Å². The van der Waals surface area contributed by atoms with E-state index in [0.29, 0.717) is 18.1 Å². The molecule has 1 aliphatic heterocycles. The molecule has 0 N–H and O–H groups in total. The van der Waals surface area contributed by atoms with Crippen molar-refractivity contribution in [1.29, 1.82) is 5.26 Å². The first kappa shape index (κ1) is 20.3. The number of carbonyl (C=O) groups is 1. The molecule has 0 radical (unpaired) electrons. The van der Waals surface area contributed by atoms with Crippen LogP contribution in [0.3, 0.4) is 0 Å². The van der Waals surface area contributed by atoms with Crippen LogP contribution in [0.4, 0.5) is 9.18 Å². The van der Waals surface area contributed by atoms with Crippen molar-refractivity contribution in [1.82, 2.24) is 14.9 Å². The van der Waals surface area contributed by atoms with E-state index in [0.717, 1.165) is 6.07 Å². The third-order valence-electron chi connectivity index (χ3n) is 4.03. The van der Waals surface area contributed by atoms with Crippen molar-refractivity contribution in [2.24, 2.45) is 0 Å². The van der Waals surface area contributed by atoms with E-state index in [1.807, 2.05) is 39.0 Å². The minimum Gasteiger partial charge on any atom is -0.483 e. The van der Waals surface area contributed by atoms with Gasteiger partial charge in [-0.05, 0) is 45.0 Å². The molecule has 29 heavy (non-hydrogen) atoms. The summed E-state index contributed by atoms with van der Waals surface area (Å²) in [4.78, 5) is 22.6. The predicted octanol–water partition coefficient (Wildman–Crippen LogP) is 3.91. The van der Waals surface area contributed by atoms with Crippen LogP contribution in [0.5, 0.6) is 5.75 Å². The predicted molar refractivity (Wildman–Crippen MR) is 102 cm³/mol. The van der Waals surface area contributed by atoms with Gasteiger partial charge in [0.05, 0.1) is 23.4 Å². The Labute approximate surface area is 168 Å². The van der Waals surface area contributed by atoms with E-state index in [1.54, 1.807) is 17.2 Å². The second-order valence-electron chi connectivity index (χ2n) is 7.45. The van der Waals surface area contributed by atoms with Crippen molar-refractivity contribution in [3.05, 3.63) is 65.5 Å². The summed E-state index contributed by atoms with van der Waals surface area (Å²) in [7, 11) is 0. The standard InChI is InChI=1S/C21H21FN4O3/c1-21(2,3)29-20(27)26-10-4-5-17(26)16-8-9-24-19(25-16)13-28-18-7-6-14(12-23)11-15(18)22/h4-9,11,17H,10,13H2,1-3H3. The Morgan fingerprint density at radius 3 is 2.86 bits per heavy atom. The van der Waals surface area contributed by atoms with Crippen molar-refractivity contribution in [3.63, 3.8) is 0 Å². The average Bonchev–Trinajstić information content (AvgIpc) is 3.16. The third-order valence-corrected chi connectivity index (χ3v) is 4.03. The second kappa shape index (κ2) is 8.27. The number of amides is 1. The molecule has 2 heterocycles. The summed E-state index contributed by atoms with van der Waals surface area (Å²) in [6.45, 7) is 5.80. The summed E-state index contributed by atoms with van der Waals surface area (Å²) in [6, 6.07) is 7.17. The SMILES string of the molecule is CC(C)(C)OC(=O)N1CC=CC1c1ccnc(COc2ccc(C#N)cc2F)n1. The smallest absolute Gasteiger partial charge is 0.411 e. The van der Waals surface area contributed by atoms with Gasteiger partial charge in [0.25, 0.3) is 0 Å². The minimum atomic E-state index is -0.630. The number of nitrogens with zero attached hydrogens (tertiary/aromatic N) is 4. The number of benzene rings is 1. The fourth-order valence-corrected chi connectivity index (χ4v) is 2.77. The summed E-state index contributed by atoms with van der Waals surface area (Å²) in [5, 5.41) is 8.80. The summed E-state index contributed by atoms with van der Waals surface area (Å²) in [5.41, 5.74) is 0.224. The van der Waals surface area contributed by atoms with E-state index in [1.165, 1.54) is 12.1 Å². The molecule has 0 saturated heterocycles. The van der Waals surface area contributed by atoms with Crippen molar-refractivity contribution in [2.45, 2.75) is 39.0 Å². The first-order chi connectivity index (χ1) is 13.8. The lowest BCUT2D eigenvalue weighted by molar-refractivity contribution is 0.0237. The minimum absolute atomic E-state index is 0.00847. The van der Waals surface area contributed by atoms with Gasteiger partial charge in [0.15, 0.2) is 17.4 Å². The lowest BCUT2D eigenvalue weighted by atomic mass is 10.2. The van der Waals surface area contributed by atoms with Crippen LogP contribution in [0.15, 0.2) is 42.6 Å². The number of carbonyl (C=O) groups excluding carboxylic acids is 1. The van der Waals surface area contributed by atoms with Crippen LogP contribution in [-0.2, 0) is 11.3 Å². The zero-order chi connectivity index (χ0) is 21.0. The van der Waals surface area contributed by atoms with Gasteiger partial charge >= 0.3 is 6.09 Å². The molecule has 1 aromatic carbocycles. The van der Waals surface area contributed by atoms with Gasteiger partial charge in [0, 0.05) is 12.7 Å². The molecule has 150 valence electrons. The van der Waals surface area contributed by atoms with Crippen LogP contribution in [0.2, 0.25) is 0 Å². The van der Waals surface area contributed by atoms with E-state index >= 15 is 0 Å². The molecule has 7 nitrogen and oxygen atoms in total.